The lowest BCUT2D eigenvalue weighted by molar-refractivity contribution is -0.104. The molecule has 1 aliphatic heterocycles. The topological polar surface area (TPSA) is 40.5 Å². The average molecular weight is 542 g/mol. The monoisotopic (exact) mass is 541 g/mol. The van der Waals surface area contributed by atoms with Crippen molar-refractivity contribution in [2.45, 2.75) is 104 Å². The van der Waals surface area contributed by atoms with E-state index in [0.717, 1.165) is 23.8 Å². The summed E-state index contributed by atoms with van der Waals surface area (Å²) in [7, 11) is 2.30. The molecule has 40 heavy (non-hydrogen) atoms. The Hall–Kier alpha value is -2.65. The van der Waals surface area contributed by atoms with E-state index in [2.05, 4.69) is 70.0 Å². The second-order valence-electron chi connectivity index (χ2n) is 13.4. The van der Waals surface area contributed by atoms with Gasteiger partial charge in [0.05, 0.1) is 0 Å². The minimum absolute atomic E-state index is 0.290. The first-order chi connectivity index (χ1) is 19.1. The van der Waals surface area contributed by atoms with Crippen LogP contribution in [0.4, 0.5) is 0 Å². The first-order valence-corrected chi connectivity index (χ1v) is 15.5. The number of likely N-dealkylation sites (tertiary alicyclic amines) is 1. The van der Waals surface area contributed by atoms with E-state index in [1.807, 2.05) is 25.1 Å². The van der Waals surface area contributed by atoms with E-state index in [9.17, 15) is 9.90 Å². The van der Waals surface area contributed by atoms with Crippen LogP contribution in [0.3, 0.4) is 0 Å². The number of phenolic OH excluding ortho intramolecular Hbond substituents is 1. The largest absolute Gasteiger partial charge is 0.508 e. The zero-order chi connectivity index (χ0) is 28.9. The molecule has 2 fully saturated rings. The Labute approximate surface area is 243 Å². The van der Waals surface area contributed by atoms with E-state index in [1.165, 1.54) is 92.2 Å². The normalized spacial score (nSPS) is 28.6. The number of fused-ring (bicyclic) bond motifs is 1. The van der Waals surface area contributed by atoms with Crippen LogP contribution in [0.2, 0.25) is 0 Å². The van der Waals surface area contributed by atoms with Gasteiger partial charge in [-0.15, -0.1) is 0 Å². The number of aldehydes is 1. The highest BCUT2D eigenvalue weighted by atomic mass is 16.3. The van der Waals surface area contributed by atoms with Crippen molar-refractivity contribution in [3.05, 3.63) is 88.1 Å². The molecule has 1 heterocycles. The van der Waals surface area contributed by atoms with Crippen molar-refractivity contribution >= 4 is 6.29 Å². The Morgan fingerprint density at radius 1 is 1.02 bits per heavy atom. The third kappa shape index (κ3) is 6.62. The maximum atomic E-state index is 10.3. The summed E-state index contributed by atoms with van der Waals surface area (Å²) in [6.07, 6.45) is 24.6. The number of nitrogens with zero attached hydrogens (tertiary/aromatic N) is 1. The third-order valence-electron chi connectivity index (χ3n) is 10.2. The van der Waals surface area contributed by atoms with E-state index in [-0.39, 0.29) is 5.41 Å². The molecule has 1 saturated heterocycles. The second-order valence-corrected chi connectivity index (χ2v) is 13.4. The van der Waals surface area contributed by atoms with Gasteiger partial charge in [0.15, 0.2) is 0 Å². The molecule has 1 N–H and O–H groups in total. The molecule has 3 atom stereocenters. The van der Waals surface area contributed by atoms with Crippen molar-refractivity contribution in [2.24, 2.45) is 11.3 Å². The molecule has 0 amide bonds. The summed E-state index contributed by atoms with van der Waals surface area (Å²) in [5.41, 5.74) is 8.84. The number of benzene rings is 1. The lowest BCUT2D eigenvalue weighted by Crippen LogP contribution is -2.59. The summed E-state index contributed by atoms with van der Waals surface area (Å²) in [5.74, 6) is 1.27. The van der Waals surface area contributed by atoms with Gasteiger partial charge in [-0.05, 0) is 131 Å². The number of carbonyl (C=O) groups excluding carboxylic acids is 1. The Morgan fingerprint density at radius 2 is 1.80 bits per heavy atom. The Morgan fingerprint density at radius 3 is 2.55 bits per heavy atom. The van der Waals surface area contributed by atoms with Crippen LogP contribution in [0.25, 0.3) is 0 Å². The van der Waals surface area contributed by atoms with Gasteiger partial charge in [-0.2, -0.15) is 0 Å². The standard InChI is InChI=1S/C20H28O.C17H23NO/c1-16(8-6-9-17(2)13-15-21)11-12-19-18(3)10-7-14-20(19,4)5;1-18-9-8-17-7-3-2-4-14(17)16(18)10-12-5-6-13(19)11-15(12)17/h6,8-9,11-13,15H,7,10,14H2,1-5H3;5-6,11,14,16,19H,2-4,7-10H2,1H3/b9-6+,12-11+,16-8+,17-13+;/t;14-,16+,17+/m.0/s1. The van der Waals surface area contributed by atoms with Gasteiger partial charge in [0, 0.05) is 11.5 Å². The zero-order valence-electron chi connectivity index (χ0n) is 25.8. The van der Waals surface area contributed by atoms with E-state index < -0.39 is 0 Å². The molecule has 216 valence electrons. The average Bonchev–Trinajstić information content (AvgIpc) is 2.91. The van der Waals surface area contributed by atoms with Crippen LogP contribution >= 0.6 is 0 Å². The predicted molar refractivity (Wildman–Crippen MR) is 169 cm³/mol. The van der Waals surface area contributed by atoms with Gasteiger partial charge in [-0.3, -0.25) is 4.79 Å². The maximum Gasteiger partial charge on any atom is 0.143 e. The van der Waals surface area contributed by atoms with E-state index in [1.54, 1.807) is 6.08 Å². The first kappa shape index (κ1) is 30.3. The molecular formula is C37H51NO2. The van der Waals surface area contributed by atoms with E-state index in [4.69, 9.17) is 0 Å². The molecule has 3 nitrogen and oxygen atoms in total. The molecule has 0 radical (unpaired) electrons. The summed E-state index contributed by atoms with van der Waals surface area (Å²) in [6.45, 7) is 12.2. The number of piperidine rings is 1. The SMILES string of the molecule is CC1=C(/C=C/C(C)=C/C=C/C(C)=C/C=O)C(C)(C)CCC1.CN1CC[C@]23CCCC[C@H]2[C@H]1Cc1ccc(O)cc13. The Kier molecular flexibility index (Phi) is 9.77. The van der Waals surface area contributed by atoms with Crippen LogP contribution < -0.4 is 0 Å². The zero-order valence-corrected chi connectivity index (χ0v) is 25.8. The summed E-state index contributed by atoms with van der Waals surface area (Å²) in [4.78, 5) is 12.9. The number of hydrogen-bond donors (Lipinski definition) is 1. The summed E-state index contributed by atoms with van der Waals surface area (Å²) < 4.78 is 0. The van der Waals surface area contributed by atoms with Gasteiger partial charge in [0.1, 0.15) is 12.0 Å². The highest BCUT2D eigenvalue weighted by Crippen LogP contribution is 2.55. The number of likely N-dealkylation sites (N-methyl/N-ethyl adjacent to an activating group) is 1. The maximum absolute atomic E-state index is 10.3. The minimum atomic E-state index is 0.290. The number of hydrogen-bond acceptors (Lipinski definition) is 3. The summed E-state index contributed by atoms with van der Waals surface area (Å²) in [5, 5.41) is 9.91. The van der Waals surface area contributed by atoms with Crippen LogP contribution in [0.15, 0.2) is 76.9 Å². The van der Waals surface area contributed by atoms with Gasteiger partial charge in [-0.25, -0.2) is 0 Å². The number of aromatic hydroxyl groups is 1. The first-order valence-electron chi connectivity index (χ1n) is 15.5. The van der Waals surface area contributed by atoms with Crippen molar-refractivity contribution in [3.63, 3.8) is 0 Å². The fourth-order valence-corrected chi connectivity index (χ4v) is 7.98. The molecule has 0 unspecified atom stereocenters. The summed E-state index contributed by atoms with van der Waals surface area (Å²) in [6, 6.07) is 6.85. The van der Waals surface area contributed by atoms with Gasteiger partial charge >= 0.3 is 0 Å². The summed E-state index contributed by atoms with van der Waals surface area (Å²) >= 11 is 0. The number of rotatable bonds is 5. The molecule has 1 aromatic rings. The van der Waals surface area contributed by atoms with Gasteiger partial charge in [0.25, 0.3) is 0 Å². The second kappa shape index (κ2) is 12.9. The van der Waals surface area contributed by atoms with Crippen LogP contribution in [0.1, 0.15) is 97.1 Å². The smallest absolute Gasteiger partial charge is 0.143 e. The fraction of sp³-hybridized carbons (Fsp3) is 0.541. The quantitative estimate of drug-likeness (QED) is 0.230. The number of allylic oxidation sites excluding steroid dienone is 10. The fourth-order valence-electron chi connectivity index (χ4n) is 7.98. The third-order valence-corrected chi connectivity index (χ3v) is 10.2. The molecule has 3 heteroatoms. The van der Waals surface area contributed by atoms with E-state index in [0.29, 0.717) is 11.2 Å². The number of phenols is 1. The van der Waals surface area contributed by atoms with Gasteiger partial charge < -0.3 is 10.0 Å². The molecule has 4 aliphatic rings. The number of carbonyl (C=O) groups is 1. The molecule has 1 aromatic carbocycles. The molecule has 0 aromatic heterocycles. The molecule has 2 bridgehead atoms. The predicted octanol–water partition coefficient (Wildman–Crippen LogP) is 8.80. The van der Waals surface area contributed by atoms with Crippen LogP contribution in [0.5, 0.6) is 5.75 Å². The molecule has 3 aliphatic carbocycles. The lowest BCUT2D eigenvalue weighted by atomic mass is 9.52. The van der Waals surface area contributed by atoms with Crippen molar-refractivity contribution in [3.8, 4) is 5.75 Å². The van der Waals surface area contributed by atoms with Crippen molar-refractivity contribution < 1.29 is 9.90 Å². The van der Waals surface area contributed by atoms with Gasteiger partial charge in [0.2, 0.25) is 0 Å². The van der Waals surface area contributed by atoms with Crippen molar-refractivity contribution in [1.82, 2.24) is 4.90 Å². The van der Waals surface area contributed by atoms with Crippen LogP contribution in [0, 0.1) is 11.3 Å². The lowest BCUT2D eigenvalue weighted by Gasteiger charge is -2.58. The van der Waals surface area contributed by atoms with Crippen LogP contribution in [-0.2, 0) is 16.6 Å². The molecular weight excluding hydrogens is 490 g/mol. The highest BCUT2D eigenvalue weighted by Gasteiger charge is 2.53. The highest BCUT2D eigenvalue weighted by molar-refractivity contribution is 5.67. The molecule has 0 spiro atoms. The van der Waals surface area contributed by atoms with Crippen molar-refractivity contribution in [1.29, 1.82) is 0 Å². The molecule has 5 rings (SSSR count). The Balaban J connectivity index is 0.000000185. The van der Waals surface area contributed by atoms with Crippen LogP contribution in [-0.4, -0.2) is 35.9 Å². The van der Waals surface area contributed by atoms with Gasteiger partial charge in [-0.1, -0.05) is 74.3 Å². The van der Waals surface area contributed by atoms with Crippen molar-refractivity contribution in [2.75, 3.05) is 13.6 Å². The van der Waals surface area contributed by atoms with E-state index >= 15 is 0 Å². The molecule has 1 saturated carbocycles. The Bertz CT molecular complexity index is 1230. The minimum Gasteiger partial charge on any atom is -0.508 e.